The minimum atomic E-state index is 0.0325. The lowest BCUT2D eigenvalue weighted by Crippen LogP contribution is -2.35. The van der Waals surface area contributed by atoms with Gasteiger partial charge in [-0.15, -0.1) is 11.3 Å². The summed E-state index contributed by atoms with van der Waals surface area (Å²) in [6.07, 6.45) is 5.44. The molecule has 38 heavy (non-hydrogen) atoms. The van der Waals surface area contributed by atoms with Crippen molar-refractivity contribution in [1.82, 2.24) is 14.9 Å². The molecule has 6 nitrogen and oxygen atoms in total. The number of thiophene rings is 1. The first-order valence-electron chi connectivity index (χ1n) is 13.1. The third-order valence-corrected chi connectivity index (χ3v) is 8.76. The van der Waals surface area contributed by atoms with Gasteiger partial charge in [-0.1, -0.05) is 48.5 Å². The largest absolute Gasteiger partial charge is 0.496 e. The van der Waals surface area contributed by atoms with Crippen molar-refractivity contribution >= 4 is 32.3 Å². The Morgan fingerprint density at radius 1 is 1.03 bits per heavy atom. The summed E-state index contributed by atoms with van der Waals surface area (Å²) in [6, 6.07) is 20.8. The molecule has 0 spiro atoms. The van der Waals surface area contributed by atoms with Gasteiger partial charge >= 0.3 is 0 Å². The van der Waals surface area contributed by atoms with Crippen molar-refractivity contribution in [2.24, 2.45) is 0 Å². The second-order valence-electron chi connectivity index (χ2n) is 9.78. The first-order chi connectivity index (χ1) is 18.7. The van der Waals surface area contributed by atoms with Crippen LogP contribution >= 0.6 is 11.3 Å². The smallest absolute Gasteiger partial charge is 0.262 e. The molecule has 1 unspecified atom stereocenters. The highest BCUT2D eigenvalue weighted by Gasteiger charge is 2.25. The number of methoxy groups -OCH3 is 2. The highest BCUT2D eigenvalue weighted by atomic mass is 32.1. The maximum absolute atomic E-state index is 13.7. The van der Waals surface area contributed by atoms with E-state index in [1.54, 1.807) is 36.5 Å². The number of nitrogens with zero attached hydrogens (tertiary/aromatic N) is 2. The predicted octanol–water partition coefficient (Wildman–Crippen LogP) is 5.37. The van der Waals surface area contributed by atoms with Crippen molar-refractivity contribution in [3.05, 3.63) is 98.9 Å². The van der Waals surface area contributed by atoms with Crippen LogP contribution in [0.3, 0.4) is 0 Å². The Morgan fingerprint density at radius 3 is 2.71 bits per heavy atom. The molecule has 5 aromatic rings. The van der Waals surface area contributed by atoms with E-state index in [1.807, 2.05) is 30.3 Å². The van der Waals surface area contributed by atoms with Crippen LogP contribution in [0.15, 0.2) is 71.8 Å². The van der Waals surface area contributed by atoms with Crippen molar-refractivity contribution < 1.29 is 9.47 Å². The Bertz CT molecular complexity index is 1670. The summed E-state index contributed by atoms with van der Waals surface area (Å²) < 4.78 is 12.9. The van der Waals surface area contributed by atoms with Gasteiger partial charge in [0.1, 0.15) is 16.3 Å². The number of aryl methyl sites for hydroxylation is 1. The molecule has 1 aliphatic carbocycles. The Hall–Kier alpha value is -3.68. The van der Waals surface area contributed by atoms with Crippen LogP contribution in [0.25, 0.3) is 21.0 Å². The van der Waals surface area contributed by atoms with Crippen LogP contribution in [-0.4, -0.2) is 36.4 Å². The zero-order valence-electron chi connectivity index (χ0n) is 21.7. The predicted molar refractivity (Wildman–Crippen MR) is 154 cm³/mol. The number of rotatable bonds is 8. The molecule has 7 heteroatoms. The van der Waals surface area contributed by atoms with Crippen LogP contribution in [0.1, 0.15) is 28.0 Å². The van der Waals surface area contributed by atoms with Gasteiger partial charge in [-0.25, -0.2) is 4.98 Å². The third-order valence-electron chi connectivity index (χ3n) is 7.60. The fourth-order valence-electron chi connectivity index (χ4n) is 5.65. The average molecular weight is 526 g/mol. The number of aromatic nitrogens is 2. The van der Waals surface area contributed by atoms with E-state index in [0.717, 1.165) is 70.3 Å². The number of hydrogen-bond acceptors (Lipinski definition) is 6. The van der Waals surface area contributed by atoms with Gasteiger partial charge in [0, 0.05) is 16.5 Å². The molecule has 6 rings (SSSR count). The Labute approximate surface area is 225 Å². The van der Waals surface area contributed by atoms with E-state index >= 15 is 0 Å². The number of nitrogens with one attached hydrogen (secondary N) is 1. The summed E-state index contributed by atoms with van der Waals surface area (Å²) in [6.45, 7) is 1.31. The maximum Gasteiger partial charge on any atom is 0.262 e. The molecule has 3 aromatic carbocycles. The summed E-state index contributed by atoms with van der Waals surface area (Å²) in [5.41, 5.74) is 3.43. The van der Waals surface area contributed by atoms with Crippen molar-refractivity contribution in [3.8, 4) is 11.5 Å². The van der Waals surface area contributed by atoms with E-state index < -0.39 is 0 Å². The first kappa shape index (κ1) is 24.6. The maximum atomic E-state index is 13.7. The van der Waals surface area contributed by atoms with Crippen LogP contribution in [-0.2, 0) is 25.8 Å². The summed E-state index contributed by atoms with van der Waals surface area (Å²) in [5, 5.41) is 6.74. The minimum absolute atomic E-state index is 0.0325. The molecule has 0 saturated carbocycles. The molecule has 1 N–H and O–H groups in total. The van der Waals surface area contributed by atoms with Gasteiger partial charge in [0.25, 0.3) is 5.56 Å². The first-order valence-corrected chi connectivity index (χ1v) is 13.9. The third kappa shape index (κ3) is 4.57. The van der Waals surface area contributed by atoms with E-state index in [0.29, 0.717) is 12.6 Å². The standard InChI is InChI=1S/C31H31N3O3S/c1-36-26-10-6-4-8-21(26)15-16-32-22-12-13-24-28(17-22)38-30-29(24)31(35)34(19-33-30)18-25-23-9-5-3-7-20(23)11-14-27(25)37-2/h3-11,14,19,22,32H,12-13,15-18H2,1-2H3. The summed E-state index contributed by atoms with van der Waals surface area (Å²) in [7, 11) is 3.39. The fourth-order valence-corrected chi connectivity index (χ4v) is 6.91. The quantitative estimate of drug-likeness (QED) is 0.295. The molecule has 2 aromatic heterocycles. The molecular formula is C31H31N3O3S. The monoisotopic (exact) mass is 525 g/mol. The number of ether oxygens (including phenoxy) is 2. The second-order valence-corrected chi connectivity index (χ2v) is 10.9. The van der Waals surface area contributed by atoms with Crippen LogP contribution in [0.5, 0.6) is 11.5 Å². The van der Waals surface area contributed by atoms with Gasteiger partial charge in [0.15, 0.2) is 0 Å². The second kappa shape index (κ2) is 10.6. The van der Waals surface area contributed by atoms with E-state index in [2.05, 4.69) is 35.6 Å². The van der Waals surface area contributed by atoms with Crippen molar-refractivity contribution in [3.63, 3.8) is 0 Å². The topological polar surface area (TPSA) is 65.4 Å². The van der Waals surface area contributed by atoms with E-state index in [9.17, 15) is 4.79 Å². The number of fused-ring (bicyclic) bond motifs is 4. The zero-order valence-corrected chi connectivity index (χ0v) is 22.5. The Kier molecular flexibility index (Phi) is 6.87. The molecular weight excluding hydrogens is 494 g/mol. The normalized spacial score (nSPS) is 15.1. The molecule has 0 aliphatic heterocycles. The number of benzene rings is 3. The van der Waals surface area contributed by atoms with Crippen molar-refractivity contribution in [1.29, 1.82) is 0 Å². The van der Waals surface area contributed by atoms with Crippen LogP contribution in [0.2, 0.25) is 0 Å². The Balaban J connectivity index is 1.23. The van der Waals surface area contributed by atoms with Gasteiger partial charge in [0.2, 0.25) is 0 Å². The lowest BCUT2D eigenvalue weighted by atomic mass is 9.93. The van der Waals surface area contributed by atoms with Gasteiger partial charge in [-0.2, -0.15) is 0 Å². The molecule has 0 fully saturated rings. The summed E-state index contributed by atoms with van der Waals surface area (Å²) >= 11 is 1.67. The molecule has 1 atom stereocenters. The average Bonchev–Trinajstić information content (AvgIpc) is 3.33. The van der Waals surface area contributed by atoms with Crippen LogP contribution < -0.4 is 20.3 Å². The molecule has 1 aliphatic rings. The minimum Gasteiger partial charge on any atom is -0.496 e. The fraction of sp³-hybridized carbons (Fsp3) is 0.290. The molecule has 0 amide bonds. The SMILES string of the molecule is COc1ccccc1CCNC1CCc2c(sc3ncn(Cc4c(OC)ccc5ccccc45)c(=O)c23)C1. The highest BCUT2D eigenvalue weighted by Crippen LogP contribution is 2.34. The van der Waals surface area contributed by atoms with Gasteiger partial charge in [-0.3, -0.25) is 9.36 Å². The summed E-state index contributed by atoms with van der Waals surface area (Å²) in [4.78, 5) is 20.6. The van der Waals surface area contributed by atoms with E-state index in [-0.39, 0.29) is 5.56 Å². The number of para-hydroxylation sites is 1. The summed E-state index contributed by atoms with van der Waals surface area (Å²) in [5.74, 6) is 1.72. The lowest BCUT2D eigenvalue weighted by molar-refractivity contribution is 0.407. The number of hydrogen-bond donors (Lipinski definition) is 1. The molecule has 0 bridgehead atoms. The van der Waals surface area contributed by atoms with E-state index in [4.69, 9.17) is 14.5 Å². The van der Waals surface area contributed by atoms with Crippen molar-refractivity contribution in [2.75, 3.05) is 20.8 Å². The van der Waals surface area contributed by atoms with Gasteiger partial charge in [0.05, 0.1) is 32.5 Å². The van der Waals surface area contributed by atoms with E-state index in [1.165, 1.54) is 16.0 Å². The lowest BCUT2D eigenvalue weighted by Gasteiger charge is -2.23. The van der Waals surface area contributed by atoms with Gasteiger partial charge in [-0.05, 0) is 66.3 Å². The van der Waals surface area contributed by atoms with Crippen LogP contribution in [0, 0.1) is 0 Å². The molecule has 2 heterocycles. The Morgan fingerprint density at radius 2 is 1.84 bits per heavy atom. The highest BCUT2D eigenvalue weighted by molar-refractivity contribution is 7.18. The van der Waals surface area contributed by atoms with Crippen LogP contribution in [0.4, 0.5) is 0 Å². The molecule has 194 valence electrons. The molecule has 0 radical (unpaired) electrons. The zero-order chi connectivity index (χ0) is 26.1. The van der Waals surface area contributed by atoms with Gasteiger partial charge < -0.3 is 14.8 Å². The molecule has 0 saturated heterocycles. The van der Waals surface area contributed by atoms with Crippen molar-refractivity contribution in [2.45, 2.75) is 38.3 Å².